The summed E-state index contributed by atoms with van der Waals surface area (Å²) >= 11 is 0. The van der Waals surface area contributed by atoms with E-state index in [1.165, 1.54) is 53.7 Å². The number of carbonyl (C=O) groups excluding carboxylic acids is 1. The number of anilines is 1. The molecule has 0 aromatic heterocycles. The smallest absolute Gasteiger partial charge is 0.224 e. The van der Waals surface area contributed by atoms with E-state index in [1.54, 1.807) is 6.92 Å². The van der Waals surface area contributed by atoms with Gasteiger partial charge in [0, 0.05) is 19.2 Å². The maximum atomic E-state index is 12.5. The van der Waals surface area contributed by atoms with E-state index < -0.39 is 0 Å². The highest BCUT2D eigenvalue weighted by molar-refractivity contribution is 5.92. The lowest BCUT2D eigenvalue weighted by Crippen LogP contribution is -2.30. The molecule has 0 atom stereocenters. The molecule has 2 aliphatic heterocycles. The third-order valence-corrected chi connectivity index (χ3v) is 6.92. The van der Waals surface area contributed by atoms with Crippen molar-refractivity contribution >= 4 is 11.6 Å². The molecule has 0 radical (unpaired) electrons. The summed E-state index contributed by atoms with van der Waals surface area (Å²) in [6.07, 6.45) is 4.55. The molecule has 1 saturated heterocycles. The van der Waals surface area contributed by atoms with Crippen LogP contribution in [0.4, 0.5) is 5.69 Å². The second-order valence-electron chi connectivity index (χ2n) is 9.14. The van der Waals surface area contributed by atoms with Gasteiger partial charge in [-0.2, -0.15) is 0 Å². The van der Waals surface area contributed by atoms with Gasteiger partial charge in [0.1, 0.15) is 12.4 Å². The molecule has 2 heterocycles. The summed E-state index contributed by atoms with van der Waals surface area (Å²) in [4.78, 5) is 16.9. The van der Waals surface area contributed by atoms with Gasteiger partial charge in [-0.3, -0.25) is 9.69 Å². The topological polar surface area (TPSA) is 32.8 Å². The van der Waals surface area contributed by atoms with Gasteiger partial charge < -0.3 is 9.64 Å². The SMILES string of the molecule is CC(=O)N1Cc2cc(-c3ccc(OCCN4CCCC4)cc3)ccc2CCc2ccccc21. The number of fused-ring (bicyclic) bond motifs is 2. The van der Waals surface area contributed by atoms with Crippen molar-refractivity contribution in [3.8, 4) is 16.9 Å². The molecule has 1 amide bonds. The summed E-state index contributed by atoms with van der Waals surface area (Å²) in [5.41, 5.74) is 7.17. The van der Waals surface area contributed by atoms with Gasteiger partial charge in [0.05, 0.1) is 6.54 Å². The first-order valence-electron chi connectivity index (χ1n) is 12.1. The molecular weight excluding hydrogens is 408 g/mol. The average molecular weight is 441 g/mol. The summed E-state index contributed by atoms with van der Waals surface area (Å²) in [6.45, 7) is 6.40. The van der Waals surface area contributed by atoms with Crippen LogP contribution in [-0.2, 0) is 24.2 Å². The van der Waals surface area contributed by atoms with Gasteiger partial charge in [0.2, 0.25) is 5.91 Å². The molecular formula is C29H32N2O2. The van der Waals surface area contributed by atoms with Crippen LogP contribution in [-0.4, -0.2) is 37.0 Å². The highest BCUT2D eigenvalue weighted by Crippen LogP contribution is 2.31. The Morgan fingerprint density at radius 2 is 1.58 bits per heavy atom. The van der Waals surface area contributed by atoms with Crippen LogP contribution in [0, 0.1) is 0 Å². The fourth-order valence-corrected chi connectivity index (χ4v) is 5.03. The predicted molar refractivity (Wildman–Crippen MR) is 134 cm³/mol. The zero-order valence-electron chi connectivity index (χ0n) is 19.4. The Morgan fingerprint density at radius 3 is 2.36 bits per heavy atom. The van der Waals surface area contributed by atoms with Crippen molar-refractivity contribution < 1.29 is 9.53 Å². The number of amides is 1. The quantitative estimate of drug-likeness (QED) is 0.527. The number of benzene rings is 3. The van der Waals surface area contributed by atoms with Crippen molar-refractivity contribution in [3.63, 3.8) is 0 Å². The standard InChI is InChI=1S/C29H32N2O2/c1-22(32)31-21-27-20-26(11-9-24(27)8-10-25-6-2-3-7-29(25)31)23-12-14-28(15-13-23)33-19-18-30-16-4-5-17-30/h2-3,6-7,9,11-15,20H,4-5,8,10,16-19,21H2,1H3. The molecule has 5 rings (SSSR count). The first-order chi connectivity index (χ1) is 16.2. The van der Waals surface area contributed by atoms with Gasteiger partial charge in [0.25, 0.3) is 0 Å². The van der Waals surface area contributed by atoms with Crippen LogP contribution < -0.4 is 9.64 Å². The molecule has 2 aliphatic rings. The highest BCUT2D eigenvalue weighted by atomic mass is 16.5. The van der Waals surface area contributed by atoms with E-state index in [-0.39, 0.29) is 5.91 Å². The number of likely N-dealkylation sites (tertiary alicyclic amines) is 1. The van der Waals surface area contributed by atoms with E-state index in [4.69, 9.17) is 4.74 Å². The molecule has 4 nitrogen and oxygen atoms in total. The van der Waals surface area contributed by atoms with E-state index in [1.807, 2.05) is 11.0 Å². The first kappa shape index (κ1) is 21.7. The molecule has 4 heteroatoms. The molecule has 1 fully saturated rings. The molecule has 170 valence electrons. The minimum atomic E-state index is 0.0798. The lowest BCUT2D eigenvalue weighted by molar-refractivity contribution is -0.116. The number of aryl methyl sites for hydroxylation is 2. The second-order valence-corrected chi connectivity index (χ2v) is 9.14. The van der Waals surface area contributed by atoms with Crippen LogP contribution in [0.15, 0.2) is 66.7 Å². The summed E-state index contributed by atoms with van der Waals surface area (Å²) in [5, 5.41) is 0. The van der Waals surface area contributed by atoms with Crippen LogP contribution in [0.5, 0.6) is 5.75 Å². The van der Waals surface area contributed by atoms with Crippen LogP contribution in [0.25, 0.3) is 11.1 Å². The Balaban J connectivity index is 1.32. The lowest BCUT2D eigenvalue weighted by atomic mass is 9.92. The maximum absolute atomic E-state index is 12.5. The Labute approximate surface area is 196 Å². The van der Waals surface area contributed by atoms with Crippen LogP contribution in [0.2, 0.25) is 0 Å². The van der Waals surface area contributed by atoms with Gasteiger partial charge in [-0.1, -0.05) is 42.5 Å². The number of nitrogens with zero attached hydrogens (tertiary/aromatic N) is 2. The zero-order chi connectivity index (χ0) is 22.6. The average Bonchev–Trinajstić information content (AvgIpc) is 3.34. The van der Waals surface area contributed by atoms with Gasteiger partial charge in [0.15, 0.2) is 0 Å². The Hall–Kier alpha value is -3.11. The summed E-state index contributed by atoms with van der Waals surface area (Å²) < 4.78 is 5.97. The van der Waals surface area contributed by atoms with E-state index in [9.17, 15) is 4.79 Å². The van der Waals surface area contributed by atoms with E-state index in [2.05, 4.69) is 65.6 Å². The summed E-state index contributed by atoms with van der Waals surface area (Å²) in [6, 6.07) is 23.4. The van der Waals surface area contributed by atoms with Crippen molar-refractivity contribution in [2.75, 3.05) is 31.1 Å². The van der Waals surface area contributed by atoms with E-state index >= 15 is 0 Å². The van der Waals surface area contributed by atoms with Gasteiger partial charge in [-0.15, -0.1) is 0 Å². The minimum absolute atomic E-state index is 0.0798. The normalized spacial score (nSPS) is 16.0. The number of hydrogen-bond donors (Lipinski definition) is 0. The van der Waals surface area contributed by atoms with E-state index in [0.29, 0.717) is 6.54 Å². The third-order valence-electron chi connectivity index (χ3n) is 6.92. The van der Waals surface area contributed by atoms with Crippen molar-refractivity contribution in [1.82, 2.24) is 4.90 Å². The van der Waals surface area contributed by atoms with Crippen LogP contribution in [0.1, 0.15) is 36.5 Å². The van der Waals surface area contributed by atoms with Crippen molar-refractivity contribution in [3.05, 3.63) is 83.4 Å². The largest absolute Gasteiger partial charge is 0.492 e. The third kappa shape index (κ3) is 4.96. The summed E-state index contributed by atoms with van der Waals surface area (Å²) in [7, 11) is 0. The van der Waals surface area contributed by atoms with Gasteiger partial charge >= 0.3 is 0 Å². The first-order valence-corrected chi connectivity index (χ1v) is 12.1. The molecule has 3 aromatic rings. The molecule has 0 N–H and O–H groups in total. The Kier molecular flexibility index (Phi) is 6.45. The zero-order valence-corrected chi connectivity index (χ0v) is 19.4. The fraction of sp³-hybridized carbons (Fsp3) is 0.345. The maximum Gasteiger partial charge on any atom is 0.224 e. The fourth-order valence-electron chi connectivity index (χ4n) is 5.03. The highest BCUT2D eigenvalue weighted by Gasteiger charge is 2.20. The molecule has 3 aromatic carbocycles. The van der Waals surface area contributed by atoms with Gasteiger partial charge in [-0.25, -0.2) is 0 Å². The Morgan fingerprint density at radius 1 is 0.848 bits per heavy atom. The second kappa shape index (κ2) is 9.80. The molecule has 33 heavy (non-hydrogen) atoms. The number of para-hydroxylation sites is 1. The number of ether oxygens (including phenoxy) is 1. The number of hydrogen-bond acceptors (Lipinski definition) is 3. The van der Waals surface area contributed by atoms with Crippen molar-refractivity contribution in [2.24, 2.45) is 0 Å². The van der Waals surface area contributed by atoms with Crippen LogP contribution in [0.3, 0.4) is 0 Å². The van der Waals surface area contributed by atoms with Crippen molar-refractivity contribution in [1.29, 1.82) is 0 Å². The van der Waals surface area contributed by atoms with Crippen LogP contribution >= 0.6 is 0 Å². The minimum Gasteiger partial charge on any atom is -0.492 e. The van der Waals surface area contributed by atoms with Crippen molar-refractivity contribution in [2.45, 2.75) is 39.2 Å². The molecule has 0 saturated carbocycles. The Bertz CT molecular complexity index is 1120. The van der Waals surface area contributed by atoms with Gasteiger partial charge in [-0.05, 0) is 90.9 Å². The molecule has 0 bridgehead atoms. The van der Waals surface area contributed by atoms with E-state index in [0.717, 1.165) is 37.4 Å². The molecule has 0 unspecified atom stereocenters. The number of carbonyl (C=O) groups is 1. The number of rotatable bonds is 5. The lowest BCUT2D eigenvalue weighted by Gasteiger charge is -2.28. The predicted octanol–water partition coefficient (Wildman–Crippen LogP) is 5.48. The monoisotopic (exact) mass is 440 g/mol. The summed E-state index contributed by atoms with van der Waals surface area (Å²) in [5.74, 6) is 1.000. The molecule has 0 aliphatic carbocycles. The molecule has 0 spiro atoms.